The second kappa shape index (κ2) is 4.68. The second-order valence-electron chi connectivity index (χ2n) is 4.58. The summed E-state index contributed by atoms with van der Waals surface area (Å²) in [6, 6.07) is 6.75. The van der Waals surface area contributed by atoms with Crippen molar-refractivity contribution in [3.05, 3.63) is 35.4 Å². The maximum atomic E-state index is 11.1. The lowest BCUT2D eigenvalue weighted by Crippen LogP contribution is -2.39. The van der Waals surface area contributed by atoms with Gasteiger partial charge in [0.05, 0.1) is 0 Å². The zero-order chi connectivity index (χ0) is 13.3. The van der Waals surface area contributed by atoms with Crippen LogP contribution in [0.3, 0.4) is 0 Å². The number of aliphatic carboxylic acids is 1. The Labute approximate surface area is 105 Å². The summed E-state index contributed by atoms with van der Waals surface area (Å²) in [6.07, 6.45) is -0.828. The van der Waals surface area contributed by atoms with Crippen molar-refractivity contribution in [2.75, 3.05) is 6.54 Å². The summed E-state index contributed by atoms with van der Waals surface area (Å²) in [5.41, 5.74) is 2.10. The quantitative estimate of drug-likeness (QED) is 0.839. The first-order valence-corrected chi connectivity index (χ1v) is 5.78. The number of rotatable bonds is 2. The van der Waals surface area contributed by atoms with E-state index >= 15 is 0 Å². The molecule has 2 rings (SSSR count). The Bertz CT molecular complexity index is 464. The predicted molar refractivity (Wildman–Crippen MR) is 64.7 cm³/mol. The number of carboxylic acids is 1. The molecule has 1 aromatic carbocycles. The Morgan fingerprint density at radius 3 is 2.44 bits per heavy atom. The minimum absolute atomic E-state index is 0.0385. The van der Waals surface area contributed by atoms with Gasteiger partial charge in [0.25, 0.3) is 0 Å². The number of carboxylic acid groups (broad SMARTS) is 2. The third kappa shape index (κ3) is 2.16. The summed E-state index contributed by atoms with van der Waals surface area (Å²) >= 11 is 0. The third-order valence-corrected chi connectivity index (χ3v) is 3.46. The van der Waals surface area contributed by atoms with Gasteiger partial charge in [0.2, 0.25) is 0 Å². The molecule has 0 radical (unpaired) electrons. The van der Waals surface area contributed by atoms with Gasteiger partial charge in [-0.15, -0.1) is 0 Å². The molecule has 5 heteroatoms. The average Bonchev–Trinajstić information content (AvgIpc) is 2.74. The van der Waals surface area contributed by atoms with Crippen molar-refractivity contribution in [2.45, 2.75) is 25.3 Å². The molecule has 1 amide bonds. The molecule has 0 bridgehead atoms. The number of aryl methyl sites for hydroxylation is 1. The molecule has 5 nitrogen and oxygen atoms in total. The standard InChI is InChI=1S/C13H15NO4/c1-8-4-2-3-5-10(8)9-6-11(12(15)16)14(7-9)13(17)18/h2-5,9,11H,6-7H2,1H3,(H,15,16)(H,17,18)/t9?,11-/m1/s1. The number of likely N-dealkylation sites (tertiary alicyclic amines) is 1. The molecule has 1 heterocycles. The van der Waals surface area contributed by atoms with Crippen LogP contribution in [-0.4, -0.2) is 39.8 Å². The van der Waals surface area contributed by atoms with E-state index in [0.29, 0.717) is 6.42 Å². The smallest absolute Gasteiger partial charge is 0.408 e. The molecular formula is C13H15NO4. The van der Waals surface area contributed by atoms with Crippen LogP contribution in [0.15, 0.2) is 24.3 Å². The Morgan fingerprint density at radius 1 is 1.28 bits per heavy atom. The van der Waals surface area contributed by atoms with Crippen LogP contribution in [0.2, 0.25) is 0 Å². The number of hydrogen-bond donors (Lipinski definition) is 2. The minimum atomic E-state index is -1.17. The summed E-state index contributed by atoms with van der Waals surface area (Å²) in [5.74, 6) is -1.11. The van der Waals surface area contributed by atoms with Gasteiger partial charge >= 0.3 is 12.1 Å². The average molecular weight is 249 g/mol. The molecular weight excluding hydrogens is 234 g/mol. The number of carbonyl (C=O) groups is 2. The second-order valence-corrected chi connectivity index (χ2v) is 4.58. The lowest BCUT2D eigenvalue weighted by atomic mass is 9.93. The highest BCUT2D eigenvalue weighted by atomic mass is 16.4. The topological polar surface area (TPSA) is 77.8 Å². The summed E-state index contributed by atoms with van der Waals surface area (Å²) in [5, 5.41) is 18.1. The van der Waals surface area contributed by atoms with E-state index in [1.165, 1.54) is 0 Å². The van der Waals surface area contributed by atoms with E-state index in [9.17, 15) is 9.59 Å². The van der Waals surface area contributed by atoms with Crippen LogP contribution in [0.5, 0.6) is 0 Å². The molecule has 0 saturated carbocycles. The van der Waals surface area contributed by atoms with Crippen LogP contribution in [0.1, 0.15) is 23.5 Å². The van der Waals surface area contributed by atoms with Crippen LogP contribution in [-0.2, 0) is 4.79 Å². The summed E-state index contributed by atoms with van der Waals surface area (Å²) in [4.78, 5) is 23.1. The minimum Gasteiger partial charge on any atom is -0.480 e. The maximum Gasteiger partial charge on any atom is 0.408 e. The summed E-state index contributed by atoms with van der Waals surface area (Å²) < 4.78 is 0. The van der Waals surface area contributed by atoms with Gasteiger partial charge in [0.15, 0.2) is 0 Å². The van der Waals surface area contributed by atoms with Gasteiger partial charge in [-0.05, 0) is 24.5 Å². The van der Waals surface area contributed by atoms with E-state index in [2.05, 4.69) is 0 Å². The molecule has 1 aromatic rings. The van der Waals surface area contributed by atoms with Gasteiger partial charge < -0.3 is 10.2 Å². The van der Waals surface area contributed by atoms with Gasteiger partial charge in [0, 0.05) is 12.5 Å². The van der Waals surface area contributed by atoms with Gasteiger partial charge in [-0.2, -0.15) is 0 Å². The first kappa shape index (κ1) is 12.4. The van der Waals surface area contributed by atoms with E-state index in [0.717, 1.165) is 16.0 Å². The van der Waals surface area contributed by atoms with Gasteiger partial charge in [-0.25, -0.2) is 9.59 Å². The highest BCUT2D eigenvalue weighted by Crippen LogP contribution is 2.33. The Kier molecular flexibility index (Phi) is 3.23. The van der Waals surface area contributed by atoms with Crippen molar-refractivity contribution in [1.29, 1.82) is 0 Å². The Hall–Kier alpha value is -2.04. The van der Waals surface area contributed by atoms with E-state index < -0.39 is 18.1 Å². The van der Waals surface area contributed by atoms with Gasteiger partial charge in [-0.1, -0.05) is 24.3 Å². The van der Waals surface area contributed by atoms with Crippen molar-refractivity contribution in [1.82, 2.24) is 4.90 Å². The van der Waals surface area contributed by atoms with Crippen molar-refractivity contribution in [3.8, 4) is 0 Å². The van der Waals surface area contributed by atoms with Crippen LogP contribution in [0, 0.1) is 6.92 Å². The van der Waals surface area contributed by atoms with Crippen molar-refractivity contribution >= 4 is 12.1 Å². The fourth-order valence-corrected chi connectivity index (χ4v) is 2.55. The molecule has 96 valence electrons. The highest BCUT2D eigenvalue weighted by Gasteiger charge is 2.40. The Morgan fingerprint density at radius 2 is 1.94 bits per heavy atom. The zero-order valence-electron chi connectivity index (χ0n) is 10.0. The maximum absolute atomic E-state index is 11.1. The lowest BCUT2D eigenvalue weighted by molar-refractivity contribution is -0.141. The molecule has 1 fully saturated rings. The molecule has 2 atom stereocenters. The molecule has 0 aliphatic carbocycles. The number of nitrogens with zero attached hydrogens (tertiary/aromatic N) is 1. The third-order valence-electron chi connectivity index (χ3n) is 3.46. The number of amides is 1. The molecule has 0 spiro atoms. The molecule has 1 unspecified atom stereocenters. The SMILES string of the molecule is Cc1ccccc1C1C[C@H](C(=O)O)N(C(=O)O)C1. The van der Waals surface area contributed by atoms with E-state index in [-0.39, 0.29) is 12.5 Å². The normalized spacial score (nSPS) is 23.1. The van der Waals surface area contributed by atoms with Gasteiger partial charge in [0.1, 0.15) is 6.04 Å². The first-order valence-electron chi connectivity index (χ1n) is 5.78. The summed E-state index contributed by atoms with van der Waals surface area (Å²) in [7, 11) is 0. The predicted octanol–water partition coefficient (Wildman–Crippen LogP) is 1.92. The van der Waals surface area contributed by atoms with Crippen molar-refractivity contribution < 1.29 is 19.8 Å². The molecule has 2 N–H and O–H groups in total. The van der Waals surface area contributed by atoms with Crippen LogP contribution in [0.25, 0.3) is 0 Å². The largest absolute Gasteiger partial charge is 0.480 e. The van der Waals surface area contributed by atoms with E-state index in [4.69, 9.17) is 10.2 Å². The molecule has 1 aliphatic heterocycles. The van der Waals surface area contributed by atoms with Crippen molar-refractivity contribution in [2.24, 2.45) is 0 Å². The molecule has 1 aliphatic rings. The zero-order valence-corrected chi connectivity index (χ0v) is 10.0. The first-order chi connectivity index (χ1) is 8.50. The van der Waals surface area contributed by atoms with Gasteiger partial charge in [-0.3, -0.25) is 4.90 Å². The van der Waals surface area contributed by atoms with Crippen molar-refractivity contribution in [3.63, 3.8) is 0 Å². The fraction of sp³-hybridized carbons (Fsp3) is 0.385. The van der Waals surface area contributed by atoms with Crippen LogP contribution >= 0.6 is 0 Å². The molecule has 18 heavy (non-hydrogen) atoms. The molecule has 0 aromatic heterocycles. The Balaban J connectivity index is 2.26. The van der Waals surface area contributed by atoms with Crippen LogP contribution in [0.4, 0.5) is 4.79 Å². The van der Waals surface area contributed by atoms with Crippen LogP contribution < -0.4 is 0 Å². The monoisotopic (exact) mass is 249 g/mol. The summed E-state index contributed by atoms with van der Waals surface area (Å²) in [6.45, 7) is 2.20. The number of hydrogen-bond acceptors (Lipinski definition) is 2. The molecule has 1 saturated heterocycles. The van der Waals surface area contributed by atoms with E-state index in [1.54, 1.807) is 0 Å². The fourth-order valence-electron chi connectivity index (χ4n) is 2.55. The highest BCUT2D eigenvalue weighted by molar-refractivity contribution is 5.80. The van der Waals surface area contributed by atoms with E-state index in [1.807, 2.05) is 31.2 Å². The lowest BCUT2D eigenvalue weighted by Gasteiger charge is -2.17. The number of benzene rings is 1.